The fourth-order valence-electron chi connectivity index (χ4n) is 1.52. The zero-order chi connectivity index (χ0) is 13.2. The Labute approximate surface area is 122 Å². The zero-order valence-corrected chi connectivity index (χ0v) is 12.9. The quantitative estimate of drug-likeness (QED) is 0.647. The highest BCUT2D eigenvalue weighted by Gasteiger charge is 2.04. The van der Waals surface area contributed by atoms with E-state index in [0.717, 1.165) is 29.9 Å². The highest BCUT2D eigenvalue weighted by atomic mass is 79.9. The Hall–Kier alpha value is -0.290. The molecule has 1 aromatic rings. The van der Waals surface area contributed by atoms with Gasteiger partial charge in [-0.2, -0.15) is 0 Å². The molecule has 0 N–H and O–H groups in total. The number of nitrogens with zero attached hydrogens (tertiary/aromatic N) is 1. The van der Waals surface area contributed by atoms with Crippen molar-refractivity contribution in [3.63, 3.8) is 0 Å². The van der Waals surface area contributed by atoms with E-state index >= 15 is 0 Å². The van der Waals surface area contributed by atoms with Gasteiger partial charge in [0.15, 0.2) is 0 Å². The largest absolute Gasteiger partial charge is 0.492 e. The van der Waals surface area contributed by atoms with Crippen LogP contribution in [0.5, 0.6) is 5.75 Å². The van der Waals surface area contributed by atoms with Crippen LogP contribution in [0.1, 0.15) is 0 Å². The standard InChI is InChI=1S/C13H19BrClNO2/c1-17-9-7-16(6-5-15)8-10-18-13-4-2-3-12(14)11-13/h2-4,11H,5-10H2,1H3. The molecule has 5 heteroatoms. The summed E-state index contributed by atoms with van der Waals surface area (Å²) in [6, 6.07) is 7.85. The number of hydrogen-bond donors (Lipinski definition) is 0. The SMILES string of the molecule is COCCN(CCCl)CCOc1cccc(Br)c1. The minimum absolute atomic E-state index is 0.626. The molecule has 1 rings (SSSR count). The smallest absolute Gasteiger partial charge is 0.120 e. The van der Waals surface area contributed by atoms with Crippen molar-refractivity contribution in [2.24, 2.45) is 0 Å². The van der Waals surface area contributed by atoms with Crippen LogP contribution in [0.2, 0.25) is 0 Å². The second-order valence-corrected chi connectivity index (χ2v) is 5.12. The van der Waals surface area contributed by atoms with E-state index in [4.69, 9.17) is 21.1 Å². The Morgan fingerprint density at radius 3 is 2.67 bits per heavy atom. The molecule has 0 aliphatic heterocycles. The van der Waals surface area contributed by atoms with Gasteiger partial charge in [0.1, 0.15) is 12.4 Å². The van der Waals surface area contributed by atoms with Gasteiger partial charge in [-0.3, -0.25) is 4.90 Å². The summed E-state index contributed by atoms with van der Waals surface area (Å²) in [6.07, 6.45) is 0. The topological polar surface area (TPSA) is 21.7 Å². The highest BCUT2D eigenvalue weighted by Crippen LogP contribution is 2.17. The number of halogens is 2. The fourth-order valence-corrected chi connectivity index (χ4v) is 2.14. The van der Waals surface area contributed by atoms with Crippen molar-refractivity contribution in [1.29, 1.82) is 0 Å². The van der Waals surface area contributed by atoms with Crippen LogP contribution < -0.4 is 4.74 Å². The van der Waals surface area contributed by atoms with Crippen molar-refractivity contribution in [2.45, 2.75) is 0 Å². The van der Waals surface area contributed by atoms with Crippen LogP contribution in [0.15, 0.2) is 28.7 Å². The van der Waals surface area contributed by atoms with Crippen molar-refractivity contribution in [3.8, 4) is 5.75 Å². The van der Waals surface area contributed by atoms with Gasteiger partial charge in [0.2, 0.25) is 0 Å². The number of hydrogen-bond acceptors (Lipinski definition) is 3. The molecule has 0 fully saturated rings. The summed E-state index contributed by atoms with van der Waals surface area (Å²) in [5, 5.41) is 0. The lowest BCUT2D eigenvalue weighted by Crippen LogP contribution is -2.33. The van der Waals surface area contributed by atoms with Gasteiger partial charge >= 0.3 is 0 Å². The lowest BCUT2D eigenvalue weighted by atomic mass is 10.3. The summed E-state index contributed by atoms with van der Waals surface area (Å²) in [5.74, 6) is 1.50. The average Bonchev–Trinajstić information content (AvgIpc) is 2.36. The molecule has 0 saturated carbocycles. The summed E-state index contributed by atoms with van der Waals surface area (Å²) in [5.41, 5.74) is 0. The number of alkyl halides is 1. The Balaban J connectivity index is 2.29. The Morgan fingerprint density at radius 1 is 1.22 bits per heavy atom. The van der Waals surface area contributed by atoms with Crippen LogP contribution in [0, 0.1) is 0 Å². The van der Waals surface area contributed by atoms with Crippen molar-refractivity contribution >= 4 is 27.5 Å². The summed E-state index contributed by atoms with van der Waals surface area (Å²) in [6.45, 7) is 3.95. The van der Waals surface area contributed by atoms with Crippen LogP contribution in [0.25, 0.3) is 0 Å². The average molecular weight is 337 g/mol. The Kier molecular flexibility index (Phi) is 8.42. The van der Waals surface area contributed by atoms with Crippen LogP contribution in [0.3, 0.4) is 0 Å². The van der Waals surface area contributed by atoms with Crippen molar-refractivity contribution in [3.05, 3.63) is 28.7 Å². The van der Waals surface area contributed by atoms with Gasteiger partial charge < -0.3 is 9.47 Å². The van der Waals surface area contributed by atoms with E-state index < -0.39 is 0 Å². The second kappa shape index (κ2) is 9.62. The van der Waals surface area contributed by atoms with E-state index in [0.29, 0.717) is 19.1 Å². The fraction of sp³-hybridized carbons (Fsp3) is 0.538. The number of rotatable bonds is 9. The third-order valence-electron chi connectivity index (χ3n) is 2.48. The van der Waals surface area contributed by atoms with E-state index in [1.165, 1.54) is 0 Å². The molecule has 0 saturated heterocycles. The molecule has 18 heavy (non-hydrogen) atoms. The second-order valence-electron chi connectivity index (χ2n) is 3.83. The highest BCUT2D eigenvalue weighted by molar-refractivity contribution is 9.10. The van der Waals surface area contributed by atoms with E-state index in [1.54, 1.807) is 7.11 Å². The molecule has 0 atom stereocenters. The van der Waals surface area contributed by atoms with Crippen molar-refractivity contribution < 1.29 is 9.47 Å². The third kappa shape index (κ3) is 6.59. The lowest BCUT2D eigenvalue weighted by molar-refractivity contribution is 0.139. The molecule has 0 unspecified atom stereocenters. The third-order valence-corrected chi connectivity index (χ3v) is 3.15. The van der Waals surface area contributed by atoms with Gasteiger partial charge in [-0.1, -0.05) is 22.0 Å². The van der Waals surface area contributed by atoms with E-state index in [9.17, 15) is 0 Å². The predicted molar refractivity (Wildman–Crippen MR) is 78.7 cm³/mol. The van der Waals surface area contributed by atoms with Gasteiger partial charge in [0, 0.05) is 37.1 Å². The zero-order valence-electron chi connectivity index (χ0n) is 10.6. The minimum atomic E-state index is 0.626. The number of ether oxygens (including phenoxy) is 2. The normalized spacial score (nSPS) is 10.9. The molecular formula is C13H19BrClNO2. The van der Waals surface area contributed by atoms with Crippen molar-refractivity contribution in [1.82, 2.24) is 4.90 Å². The summed E-state index contributed by atoms with van der Waals surface area (Å²) >= 11 is 9.18. The lowest BCUT2D eigenvalue weighted by Gasteiger charge is -2.20. The van der Waals surface area contributed by atoms with E-state index in [1.807, 2.05) is 24.3 Å². The molecule has 0 amide bonds. The van der Waals surface area contributed by atoms with Crippen LogP contribution in [-0.2, 0) is 4.74 Å². The van der Waals surface area contributed by atoms with Gasteiger partial charge in [0.25, 0.3) is 0 Å². The monoisotopic (exact) mass is 335 g/mol. The maximum Gasteiger partial charge on any atom is 0.120 e. The summed E-state index contributed by atoms with van der Waals surface area (Å²) in [4.78, 5) is 2.23. The summed E-state index contributed by atoms with van der Waals surface area (Å²) in [7, 11) is 1.71. The van der Waals surface area contributed by atoms with Crippen LogP contribution in [-0.4, -0.2) is 50.7 Å². The number of methoxy groups -OCH3 is 1. The first-order valence-electron chi connectivity index (χ1n) is 5.92. The molecule has 0 radical (unpaired) electrons. The van der Waals surface area contributed by atoms with Gasteiger partial charge in [-0.25, -0.2) is 0 Å². The van der Waals surface area contributed by atoms with Crippen molar-refractivity contribution in [2.75, 3.05) is 45.8 Å². The molecule has 1 aromatic carbocycles. The molecule has 0 heterocycles. The molecule has 0 aliphatic rings. The molecular weight excluding hydrogens is 318 g/mol. The first-order chi connectivity index (χ1) is 8.76. The van der Waals surface area contributed by atoms with Gasteiger partial charge in [-0.15, -0.1) is 11.6 Å². The van der Waals surface area contributed by atoms with Gasteiger partial charge in [-0.05, 0) is 18.2 Å². The van der Waals surface area contributed by atoms with Crippen LogP contribution >= 0.6 is 27.5 Å². The van der Waals surface area contributed by atoms with E-state index in [-0.39, 0.29) is 0 Å². The maximum atomic E-state index is 5.76. The Bertz CT molecular complexity index is 339. The minimum Gasteiger partial charge on any atom is -0.492 e. The van der Waals surface area contributed by atoms with E-state index in [2.05, 4.69) is 20.8 Å². The van der Waals surface area contributed by atoms with Gasteiger partial charge in [0.05, 0.1) is 6.61 Å². The number of benzene rings is 1. The first kappa shape index (κ1) is 15.8. The Morgan fingerprint density at radius 2 is 2.00 bits per heavy atom. The molecule has 0 spiro atoms. The maximum absolute atomic E-state index is 5.76. The molecule has 102 valence electrons. The molecule has 3 nitrogen and oxygen atoms in total. The predicted octanol–water partition coefficient (Wildman–Crippen LogP) is 3.02. The van der Waals surface area contributed by atoms with Crippen LogP contribution in [0.4, 0.5) is 0 Å². The first-order valence-corrected chi connectivity index (χ1v) is 7.24. The molecule has 0 aliphatic carbocycles. The molecule has 0 bridgehead atoms. The summed E-state index contributed by atoms with van der Waals surface area (Å²) < 4.78 is 11.8. The molecule has 0 aromatic heterocycles.